The van der Waals surface area contributed by atoms with E-state index < -0.39 is 0 Å². The van der Waals surface area contributed by atoms with Gasteiger partial charge in [0.15, 0.2) is 23.0 Å². The van der Waals surface area contributed by atoms with E-state index in [2.05, 4.69) is 109 Å². The highest BCUT2D eigenvalue weighted by Crippen LogP contribution is 2.50. The Balaban J connectivity index is 1.70. The van der Waals surface area contributed by atoms with Gasteiger partial charge in [-0.1, -0.05) is 72.8 Å². The molecular weight excluding hydrogens is 520 g/mol. The molecule has 206 valence electrons. The molecule has 0 aliphatic heterocycles. The van der Waals surface area contributed by atoms with Crippen LogP contribution in [0.2, 0.25) is 0 Å². The monoisotopic (exact) mass is 550 g/mol. The lowest BCUT2D eigenvalue weighted by atomic mass is 9.84. The normalized spacial score (nSPS) is 11.3. The first-order valence-corrected chi connectivity index (χ1v) is 13.9. The molecule has 0 aromatic heterocycles. The lowest BCUT2D eigenvalue weighted by Crippen LogP contribution is -1.97. The van der Waals surface area contributed by atoms with Gasteiger partial charge in [0.1, 0.15) is 0 Å². The van der Waals surface area contributed by atoms with Crippen molar-refractivity contribution < 1.29 is 18.9 Å². The molecule has 0 amide bonds. The first-order chi connectivity index (χ1) is 20.6. The molecule has 0 fully saturated rings. The molecule has 0 heterocycles. The zero-order chi connectivity index (χ0) is 28.8. The second-order valence-corrected chi connectivity index (χ2v) is 10.4. The molecule has 0 spiro atoms. The van der Waals surface area contributed by atoms with Crippen molar-refractivity contribution in [3.63, 3.8) is 0 Å². The Morgan fingerprint density at radius 3 is 0.952 bits per heavy atom. The van der Waals surface area contributed by atoms with E-state index in [0.717, 1.165) is 43.8 Å². The van der Waals surface area contributed by atoms with Crippen LogP contribution in [0.1, 0.15) is 0 Å². The molecule has 0 N–H and O–H groups in total. The number of hydrogen-bond acceptors (Lipinski definition) is 4. The van der Waals surface area contributed by atoms with Crippen LogP contribution >= 0.6 is 0 Å². The molecule has 0 saturated carbocycles. The van der Waals surface area contributed by atoms with Gasteiger partial charge in [0.05, 0.1) is 28.4 Å². The third-order valence-corrected chi connectivity index (χ3v) is 8.20. The van der Waals surface area contributed by atoms with Gasteiger partial charge in [-0.05, 0) is 102 Å². The Morgan fingerprint density at radius 1 is 0.333 bits per heavy atom. The minimum Gasteiger partial charge on any atom is -0.493 e. The van der Waals surface area contributed by atoms with E-state index in [9.17, 15) is 0 Å². The van der Waals surface area contributed by atoms with Gasteiger partial charge in [0, 0.05) is 0 Å². The van der Waals surface area contributed by atoms with E-state index in [-0.39, 0.29) is 0 Å². The molecule has 7 rings (SSSR count). The molecule has 4 heteroatoms. The fourth-order valence-electron chi connectivity index (χ4n) is 6.19. The van der Waals surface area contributed by atoms with Crippen LogP contribution in [-0.4, -0.2) is 28.4 Å². The van der Waals surface area contributed by atoms with Crippen LogP contribution in [0.5, 0.6) is 23.0 Å². The van der Waals surface area contributed by atoms with E-state index in [4.69, 9.17) is 18.9 Å². The van der Waals surface area contributed by atoms with Crippen molar-refractivity contribution in [2.75, 3.05) is 28.4 Å². The van der Waals surface area contributed by atoms with Crippen LogP contribution in [0.3, 0.4) is 0 Å². The number of hydrogen-bond donors (Lipinski definition) is 0. The molecular formula is C38H30O4. The Hall–Kier alpha value is -5.22. The Kier molecular flexibility index (Phi) is 6.32. The fraction of sp³-hybridized carbons (Fsp3) is 0.105. The molecule has 7 aromatic carbocycles. The highest BCUT2D eigenvalue weighted by atomic mass is 16.5. The second kappa shape index (κ2) is 10.3. The maximum absolute atomic E-state index is 5.83. The number of rotatable bonds is 6. The maximum Gasteiger partial charge on any atom is 0.161 e. The minimum atomic E-state index is 0.677. The molecule has 4 nitrogen and oxygen atoms in total. The summed E-state index contributed by atoms with van der Waals surface area (Å²) in [4.78, 5) is 0. The predicted molar refractivity (Wildman–Crippen MR) is 174 cm³/mol. The molecule has 0 atom stereocenters. The zero-order valence-corrected chi connectivity index (χ0v) is 24.0. The topological polar surface area (TPSA) is 36.9 Å². The fourth-order valence-corrected chi connectivity index (χ4v) is 6.19. The van der Waals surface area contributed by atoms with Crippen molar-refractivity contribution >= 4 is 43.1 Å². The highest BCUT2D eigenvalue weighted by molar-refractivity contribution is 6.23. The van der Waals surface area contributed by atoms with Crippen molar-refractivity contribution in [1.82, 2.24) is 0 Å². The van der Waals surface area contributed by atoms with Crippen LogP contribution in [0.4, 0.5) is 0 Å². The van der Waals surface area contributed by atoms with Crippen LogP contribution in [0.25, 0.3) is 65.3 Å². The first-order valence-electron chi connectivity index (χ1n) is 13.9. The number of ether oxygens (including phenoxy) is 4. The molecule has 0 bridgehead atoms. The smallest absolute Gasteiger partial charge is 0.161 e. The van der Waals surface area contributed by atoms with E-state index in [0.29, 0.717) is 23.0 Å². The summed E-state index contributed by atoms with van der Waals surface area (Å²) in [5, 5.41) is 8.99. The predicted octanol–water partition coefficient (Wildman–Crippen LogP) is 9.67. The summed E-state index contributed by atoms with van der Waals surface area (Å²) in [6.45, 7) is 0. The van der Waals surface area contributed by atoms with Crippen LogP contribution in [-0.2, 0) is 0 Å². The summed E-state index contributed by atoms with van der Waals surface area (Å²) in [5.41, 5.74) is 4.40. The highest BCUT2D eigenvalue weighted by Gasteiger charge is 2.22. The molecule has 0 unspecified atom stereocenters. The first kappa shape index (κ1) is 25.7. The van der Waals surface area contributed by atoms with Crippen LogP contribution < -0.4 is 18.9 Å². The molecule has 42 heavy (non-hydrogen) atoms. The van der Waals surface area contributed by atoms with E-state index >= 15 is 0 Å². The summed E-state index contributed by atoms with van der Waals surface area (Å²) in [6.07, 6.45) is 0. The standard InChI is InChI=1S/C38H30O4/c1-39-33-19-29-30(20-34(33)40-2)38(28-16-14-24-10-6-8-12-26(24)18-28)32-22-36(42-4)35(41-3)21-31(32)37(29)27-15-13-23-9-5-7-11-25(23)17-27/h5-22H,1-4H3. The lowest BCUT2D eigenvalue weighted by molar-refractivity contribution is 0.355. The van der Waals surface area contributed by atoms with Gasteiger partial charge >= 0.3 is 0 Å². The Labute approximate surface area is 244 Å². The molecule has 0 saturated heterocycles. The average Bonchev–Trinajstić information content (AvgIpc) is 3.05. The maximum atomic E-state index is 5.83. The third kappa shape index (κ3) is 4.07. The third-order valence-electron chi connectivity index (χ3n) is 8.20. The Bertz CT molecular complexity index is 1920. The SMILES string of the molecule is COc1cc2c(-c3ccc4ccccc4c3)c3cc(OC)c(OC)cc3c(-c3ccc4ccccc4c3)c2cc1OC. The quantitative estimate of drug-likeness (QED) is 0.193. The van der Waals surface area contributed by atoms with Crippen LogP contribution in [0, 0.1) is 0 Å². The van der Waals surface area contributed by atoms with Crippen molar-refractivity contribution in [3.8, 4) is 45.3 Å². The van der Waals surface area contributed by atoms with Crippen LogP contribution in [0.15, 0.2) is 109 Å². The van der Waals surface area contributed by atoms with Gasteiger partial charge in [0.25, 0.3) is 0 Å². The largest absolute Gasteiger partial charge is 0.493 e. The summed E-state index contributed by atoms with van der Waals surface area (Å²) >= 11 is 0. The van der Waals surface area contributed by atoms with Crippen molar-refractivity contribution in [2.45, 2.75) is 0 Å². The lowest BCUT2D eigenvalue weighted by Gasteiger charge is -2.21. The molecule has 7 aromatic rings. The van der Waals surface area contributed by atoms with E-state index in [1.807, 2.05) is 0 Å². The van der Waals surface area contributed by atoms with Gasteiger partial charge in [-0.25, -0.2) is 0 Å². The van der Waals surface area contributed by atoms with Gasteiger partial charge in [0.2, 0.25) is 0 Å². The molecule has 0 aliphatic rings. The number of methoxy groups -OCH3 is 4. The van der Waals surface area contributed by atoms with Gasteiger partial charge in [-0.15, -0.1) is 0 Å². The summed E-state index contributed by atoms with van der Waals surface area (Å²) in [5.74, 6) is 2.71. The van der Waals surface area contributed by atoms with E-state index in [1.165, 1.54) is 21.5 Å². The van der Waals surface area contributed by atoms with Gasteiger partial charge in [-0.3, -0.25) is 0 Å². The summed E-state index contributed by atoms with van der Waals surface area (Å²) < 4.78 is 23.3. The van der Waals surface area contributed by atoms with Gasteiger partial charge in [-0.2, -0.15) is 0 Å². The summed E-state index contributed by atoms with van der Waals surface area (Å²) in [7, 11) is 6.72. The second-order valence-electron chi connectivity index (χ2n) is 10.4. The van der Waals surface area contributed by atoms with Crippen molar-refractivity contribution in [2.24, 2.45) is 0 Å². The Morgan fingerprint density at radius 2 is 0.643 bits per heavy atom. The number of fused-ring (bicyclic) bond motifs is 4. The zero-order valence-electron chi connectivity index (χ0n) is 24.0. The van der Waals surface area contributed by atoms with E-state index in [1.54, 1.807) is 28.4 Å². The van der Waals surface area contributed by atoms with Crippen molar-refractivity contribution in [3.05, 3.63) is 109 Å². The molecule has 0 aliphatic carbocycles. The van der Waals surface area contributed by atoms with Gasteiger partial charge < -0.3 is 18.9 Å². The van der Waals surface area contributed by atoms with Crippen molar-refractivity contribution in [1.29, 1.82) is 0 Å². The number of benzene rings is 7. The average molecular weight is 551 g/mol. The molecule has 0 radical (unpaired) electrons. The minimum absolute atomic E-state index is 0.677. The summed E-state index contributed by atoms with van der Waals surface area (Å²) in [6, 6.07) is 38.5.